The predicted molar refractivity (Wildman–Crippen MR) is 93.3 cm³/mol. The molecule has 0 bridgehead atoms. The number of carbonyl (C=O) groups excluding carboxylic acids is 1. The molecule has 2 rings (SSSR count). The van der Waals surface area contributed by atoms with Crippen molar-refractivity contribution in [2.75, 3.05) is 13.7 Å². The lowest BCUT2D eigenvalue weighted by molar-refractivity contribution is -0.134. The molecule has 0 aromatic heterocycles. The Morgan fingerprint density at radius 1 is 1.17 bits per heavy atom. The van der Waals surface area contributed by atoms with Crippen LogP contribution >= 0.6 is 0 Å². The number of rotatable bonds is 6. The molecule has 3 heteroatoms. The monoisotopic (exact) mass is 316 g/mol. The predicted octanol–water partition coefficient (Wildman–Crippen LogP) is 4.86. The first-order chi connectivity index (χ1) is 11.1. The molecule has 1 aromatic carbocycles. The van der Waals surface area contributed by atoms with Crippen molar-refractivity contribution in [2.45, 2.75) is 46.0 Å². The van der Waals surface area contributed by atoms with Crippen molar-refractivity contribution in [1.29, 1.82) is 0 Å². The van der Waals surface area contributed by atoms with Crippen LogP contribution in [0.2, 0.25) is 0 Å². The van der Waals surface area contributed by atoms with Gasteiger partial charge in [-0.2, -0.15) is 0 Å². The van der Waals surface area contributed by atoms with Crippen LogP contribution in [0.4, 0.5) is 0 Å². The summed E-state index contributed by atoms with van der Waals surface area (Å²) in [6.45, 7) is 4.98. The van der Waals surface area contributed by atoms with E-state index in [1.54, 1.807) is 6.08 Å². The van der Waals surface area contributed by atoms with Gasteiger partial charge >= 0.3 is 5.97 Å². The van der Waals surface area contributed by atoms with Gasteiger partial charge in [-0.15, -0.1) is 0 Å². The zero-order valence-corrected chi connectivity index (χ0v) is 14.5. The molecule has 23 heavy (non-hydrogen) atoms. The largest absolute Gasteiger partial charge is 0.493 e. The van der Waals surface area contributed by atoms with Crippen LogP contribution < -0.4 is 4.74 Å². The number of carbonyl (C=O) groups is 1. The average Bonchev–Trinajstić information content (AvgIpc) is 2.59. The summed E-state index contributed by atoms with van der Waals surface area (Å²) in [5.74, 6) is 1.56. The van der Waals surface area contributed by atoms with E-state index in [-0.39, 0.29) is 5.97 Å². The SMILES string of the molecule is COC(=O)C=C(c1ccc(OCC(C)C)cc1)C1CCCCC1. The fourth-order valence-corrected chi connectivity index (χ4v) is 3.04. The van der Waals surface area contributed by atoms with Gasteiger partial charge in [0.25, 0.3) is 0 Å². The molecule has 0 unspecified atom stereocenters. The molecular formula is C20H28O3. The molecular weight excluding hydrogens is 288 g/mol. The van der Waals surface area contributed by atoms with Gasteiger partial charge in [0.05, 0.1) is 13.7 Å². The average molecular weight is 316 g/mol. The van der Waals surface area contributed by atoms with Crippen LogP contribution in [0.1, 0.15) is 51.5 Å². The first-order valence-electron chi connectivity index (χ1n) is 8.63. The van der Waals surface area contributed by atoms with Crippen molar-refractivity contribution < 1.29 is 14.3 Å². The molecule has 1 aliphatic carbocycles. The topological polar surface area (TPSA) is 35.5 Å². The van der Waals surface area contributed by atoms with E-state index in [2.05, 4.69) is 26.0 Å². The third-order valence-electron chi connectivity index (χ3n) is 4.29. The Bertz CT molecular complexity index is 522. The second-order valence-corrected chi connectivity index (χ2v) is 6.69. The fourth-order valence-electron chi connectivity index (χ4n) is 3.04. The highest BCUT2D eigenvalue weighted by molar-refractivity contribution is 5.91. The minimum atomic E-state index is -0.272. The summed E-state index contributed by atoms with van der Waals surface area (Å²) in [6, 6.07) is 8.09. The van der Waals surface area contributed by atoms with Gasteiger partial charge in [-0.25, -0.2) is 4.79 Å². The lowest BCUT2D eigenvalue weighted by atomic mass is 9.81. The normalized spacial score (nSPS) is 16.4. The second kappa shape index (κ2) is 8.76. The Labute approximate surface area is 139 Å². The van der Waals surface area contributed by atoms with Crippen molar-refractivity contribution in [3.8, 4) is 5.75 Å². The summed E-state index contributed by atoms with van der Waals surface area (Å²) in [7, 11) is 1.43. The summed E-state index contributed by atoms with van der Waals surface area (Å²) in [5.41, 5.74) is 2.20. The van der Waals surface area contributed by atoms with E-state index >= 15 is 0 Å². The van der Waals surface area contributed by atoms with E-state index in [1.165, 1.54) is 26.4 Å². The standard InChI is InChI=1S/C20H28O3/c1-15(2)14-23-18-11-9-17(10-12-18)19(13-20(21)22-3)16-7-5-4-6-8-16/h9-13,15-16H,4-8,14H2,1-3H3. The van der Waals surface area contributed by atoms with Gasteiger partial charge in [0.1, 0.15) is 5.75 Å². The Kier molecular flexibility index (Phi) is 6.69. The lowest BCUT2D eigenvalue weighted by Gasteiger charge is -2.25. The number of hydrogen-bond acceptors (Lipinski definition) is 3. The van der Waals surface area contributed by atoms with Gasteiger partial charge in [-0.1, -0.05) is 45.2 Å². The molecule has 0 N–H and O–H groups in total. The van der Waals surface area contributed by atoms with E-state index < -0.39 is 0 Å². The molecule has 0 atom stereocenters. The third kappa shape index (κ3) is 5.42. The number of ether oxygens (including phenoxy) is 2. The quantitative estimate of drug-likeness (QED) is 0.555. The van der Waals surface area contributed by atoms with Crippen molar-refractivity contribution in [3.05, 3.63) is 35.9 Å². The van der Waals surface area contributed by atoms with E-state index in [4.69, 9.17) is 9.47 Å². The molecule has 126 valence electrons. The molecule has 0 aliphatic heterocycles. The second-order valence-electron chi connectivity index (χ2n) is 6.69. The maximum Gasteiger partial charge on any atom is 0.330 e. The zero-order chi connectivity index (χ0) is 16.7. The Balaban J connectivity index is 2.17. The first-order valence-corrected chi connectivity index (χ1v) is 8.63. The van der Waals surface area contributed by atoms with Crippen LogP contribution in [0.25, 0.3) is 5.57 Å². The van der Waals surface area contributed by atoms with Crippen LogP contribution in [-0.2, 0) is 9.53 Å². The molecule has 1 aromatic rings. The summed E-state index contributed by atoms with van der Waals surface area (Å²) in [4.78, 5) is 11.8. The van der Waals surface area contributed by atoms with Gasteiger partial charge in [-0.3, -0.25) is 0 Å². The molecule has 0 spiro atoms. The van der Waals surface area contributed by atoms with Crippen LogP contribution in [0.5, 0.6) is 5.75 Å². The highest BCUT2D eigenvalue weighted by Crippen LogP contribution is 2.35. The summed E-state index contributed by atoms with van der Waals surface area (Å²) >= 11 is 0. The van der Waals surface area contributed by atoms with Gasteiger partial charge in [0, 0.05) is 6.08 Å². The van der Waals surface area contributed by atoms with Crippen LogP contribution in [-0.4, -0.2) is 19.7 Å². The van der Waals surface area contributed by atoms with Crippen LogP contribution in [0, 0.1) is 11.8 Å². The molecule has 0 amide bonds. The molecule has 1 saturated carbocycles. The first kappa shape index (κ1) is 17.6. The van der Waals surface area contributed by atoms with E-state index in [0.29, 0.717) is 18.4 Å². The van der Waals surface area contributed by atoms with E-state index in [9.17, 15) is 4.79 Å². The molecule has 0 saturated heterocycles. The lowest BCUT2D eigenvalue weighted by Crippen LogP contribution is -2.11. The van der Waals surface area contributed by atoms with E-state index in [0.717, 1.165) is 29.7 Å². The molecule has 3 nitrogen and oxygen atoms in total. The number of hydrogen-bond donors (Lipinski definition) is 0. The molecule has 0 radical (unpaired) electrons. The maximum atomic E-state index is 11.8. The zero-order valence-electron chi connectivity index (χ0n) is 14.5. The smallest absolute Gasteiger partial charge is 0.330 e. The van der Waals surface area contributed by atoms with Crippen molar-refractivity contribution in [2.24, 2.45) is 11.8 Å². The van der Waals surface area contributed by atoms with Gasteiger partial charge in [0.15, 0.2) is 0 Å². The Hall–Kier alpha value is -1.77. The maximum absolute atomic E-state index is 11.8. The summed E-state index contributed by atoms with van der Waals surface area (Å²) in [6.07, 6.45) is 7.73. The highest BCUT2D eigenvalue weighted by atomic mass is 16.5. The molecule has 1 fully saturated rings. The highest BCUT2D eigenvalue weighted by Gasteiger charge is 2.20. The number of benzene rings is 1. The Morgan fingerprint density at radius 2 is 1.83 bits per heavy atom. The minimum Gasteiger partial charge on any atom is -0.493 e. The van der Waals surface area contributed by atoms with Gasteiger partial charge in [0.2, 0.25) is 0 Å². The molecule has 1 aliphatic rings. The van der Waals surface area contributed by atoms with Crippen LogP contribution in [0.15, 0.2) is 30.3 Å². The van der Waals surface area contributed by atoms with Gasteiger partial charge in [-0.05, 0) is 47.9 Å². The van der Waals surface area contributed by atoms with Gasteiger partial charge < -0.3 is 9.47 Å². The number of methoxy groups -OCH3 is 1. The Morgan fingerprint density at radius 3 is 2.39 bits per heavy atom. The van der Waals surface area contributed by atoms with E-state index in [1.807, 2.05) is 12.1 Å². The fraction of sp³-hybridized carbons (Fsp3) is 0.550. The van der Waals surface area contributed by atoms with Crippen molar-refractivity contribution in [3.63, 3.8) is 0 Å². The van der Waals surface area contributed by atoms with Crippen LogP contribution in [0.3, 0.4) is 0 Å². The summed E-state index contributed by atoms with van der Waals surface area (Å²) in [5, 5.41) is 0. The third-order valence-corrected chi connectivity index (χ3v) is 4.29. The minimum absolute atomic E-state index is 0.272. The van der Waals surface area contributed by atoms with Crippen molar-refractivity contribution in [1.82, 2.24) is 0 Å². The number of esters is 1. The number of allylic oxidation sites excluding steroid dienone is 1. The van der Waals surface area contributed by atoms with Crippen molar-refractivity contribution >= 4 is 11.5 Å². The molecule has 0 heterocycles. The summed E-state index contributed by atoms with van der Waals surface area (Å²) < 4.78 is 10.6.